The first-order chi connectivity index (χ1) is 17.4. The molecule has 190 valence electrons. The number of amides is 1. The Morgan fingerprint density at radius 2 is 2.19 bits per heavy atom. The molecule has 2 N–H and O–H groups in total. The first-order valence-corrected chi connectivity index (χ1v) is 11.2. The number of carbonyl (C=O) groups is 1. The monoisotopic (exact) mass is 504 g/mol. The van der Waals surface area contributed by atoms with E-state index in [0.717, 1.165) is 6.20 Å². The summed E-state index contributed by atoms with van der Waals surface area (Å²) in [6.45, 7) is -1.20. The maximum Gasteiger partial charge on any atom is 0.248 e. The second-order valence-corrected chi connectivity index (χ2v) is 8.35. The Balaban J connectivity index is 1.48. The number of anilines is 1. The number of carbonyl (C=O) groups excluding carboxylic acids is 1. The van der Waals surface area contributed by atoms with Crippen LogP contribution < -0.4 is 10.1 Å². The van der Waals surface area contributed by atoms with Crippen LogP contribution in [0.25, 0.3) is 27.7 Å². The van der Waals surface area contributed by atoms with Crippen LogP contribution in [0.5, 0.6) is 5.88 Å². The molecule has 11 nitrogen and oxygen atoms in total. The normalized spacial score (nSPS) is 18.2. The number of aliphatic hydroxyl groups is 1. The van der Waals surface area contributed by atoms with Gasteiger partial charge < -0.3 is 20.1 Å². The summed E-state index contributed by atoms with van der Waals surface area (Å²) in [6.07, 6.45) is 0.00489. The second-order valence-electron chi connectivity index (χ2n) is 8.35. The highest BCUT2D eigenvalue weighted by Crippen LogP contribution is 2.35. The highest BCUT2D eigenvalue weighted by molar-refractivity contribution is 5.89. The Hall–Kier alpha value is -3.94. The van der Waals surface area contributed by atoms with E-state index >= 15 is 4.39 Å². The van der Waals surface area contributed by atoms with Crippen molar-refractivity contribution in [3.63, 3.8) is 0 Å². The third-order valence-corrected chi connectivity index (χ3v) is 6.19. The fraction of sp³-hybridized carbons (Fsp3) is 0.409. The topological polar surface area (TPSA) is 123 Å². The number of hydrogen-bond donors (Lipinski definition) is 2. The molecule has 0 aliphatic carbocycles. The van der Waals surface area contributed by atoms with Crippen LogP contribution in [-0.4, -0.2) is 91.2 Å². The zero-order valence-corrected chi connectivity index (χ0v) is 19.2. The van der Waals surface area contributed by atoms with Crippen molar-refractivity contribution in [1.82, 2.24) is 34.5 Å². The van der Waals surface area contributed by atoms with Gasteiger partial charge in [-0.15, -0.1) is 10.2 Å². The summed E-state index contributed by atoms with van der Waals surface area (Å²) >= 11 is 0. The van der Waals surface area contributed by atoms with Crippen LogP contribution in [0.3, 0.4) is 0 Å². The van der Waals surface area contributed by atoms with Gasteiger partial charge in [-0.25, -0.2) is 22.4 Å². The molecule has 0 radical (unpaired) electrons. The summed E-state index contributed by atoms with van der Waals surface area (Å²) in [5, 5.41) is 24.1. The van der Waals surface area contributed by atoms with Crippen LogP contribution in [0.4, 0.5) is 19.1 Å². The van der Waals surface area contributed by atoms with E-state index in [4.69, 9.17) is 9.84 Å². The first-order valence-electron chi connectivity index (χ1n) is 11.2. The van der Waals surface area contributed by atoms with E-state index in [1.54, 1.807) is 18.2 Å². The van der Waals surface area contributed by atoms with Crippen LogP contribution in [0.15, 0.2) is 24.4 Å². The fourth-order valence-corrected chi connectivity index (χ4v) is 4.43. The number of nitrogens with zero attached hydrogens (tertiary/aromatic N) is 7. The summed E-state index contributed by atoms with van der Waals surface area (Å²) in [4.78, 5) is 17.2. The second kappa shape index (κ2) is 9.60. The Morgan fingerprint density at radius 1 is 1.36 bits per heavy atom. The molecule has 0 bridgehead atoms. The number of piperidine rings is 1. The van der Waals surface area contributed by atoms with Crippen molar-refractivity contribution >= 4 is 28.4 Å². The Labute approximate surface area is 202 Å². The smallest absolute Gasteiger partial charge is 0.248 e. The number of nitrogens with one attached hydrogen (secondary N) is 1. The largest absolute Gasteiger partial charge is 0.479 e. The fourth-order valence-electron chi connectivity index (χ4n) is 4.43. The molecule has 0 spiro atoms. The standard InChI is InChI=1S/C22H23F3N8O3/c1-36-21-20-19(12-2-3-16-17(8-12)32(7-5-23)30-28-16)14(25)10-33(20)29-22(27-21)26-15-4-6-31(9-13(15)24)18(35)11-34/h2-3,8,10,13,15,34H,4-7,9,11H2,1H3,(H,26,29)/t13-,15+/m1/s1. The molecule has 1 aliphatic heterocycles. The van der Waals surface area contributed by atoms with Gasteiger partial charge in [-0.2, -0.15) is 4.98 Å². The van der Waals surface area contributed by atoms with Gasteiger partial charge in [0.05, 0.1) is 43.5 Å². The molecule has 3 aromatic heterocycles. The summed E-state index contributed by atoms with van der Waals surface area (Å²) in [7, 11) is 1.38. The lowest BCUT2D eigenvalue weighted by molar-refractivity contribution is -0.136. The minimum Gasteiger partial charge on any atom is -0.479 e. The number of ether oxygens (including phenoxy) is 1. The zero-order valence-electron chi connectivity index (χ0n) is 19.2. The zero-order chi connectivity index (χ0) is 25.4. The predicted octanol–water partition coefficient (Wildman–Crippen LogP) is 1.60. The van der Waals surface area contributed by atoms with E-state index in [0.29, 0.717) is 16.6 Å². The molecule has 1 aliphatic rings. The maximum absolute atomic E-state index is 15.2. The molecule has 4 heterocycles. The van der Waals surface area contributed by atoms with E-state index in [1.165, 1.54) is 21.2 Å². The lowest BCUT2D eigenvalue weighted by Gasteiger charge is -2.34. The number of benzene rings is 1. The van der Waals surface area contributed by atoms with Crippen molar-refractivity contribution in [2.45, 2.75) is 25.2 Å². The van der Waals surface area contributed by atoms with Gasteiger partial charge >= 0.3 is 0 Å². The van der Waals surface area contributed by atoms with E-state index in [2.05, 4.69) is 25.7 Å². The lowest BCUT2D eigenvalue weighted by Crippen LogP contribution is -2.50. The van der Waals surface area contributed by atoms with Gasteiger partial charge in [0.1, 0.15) is 30.5 Å². The van der Waals surface area contributed by atoms with Crippen LogP contribution in [0.2, 0.25) is 0 Å². The van der Waals surface area contributed by atoms with Crippen LogP contribution >= 0.6 is 0 Å². The highest BCUT2D eigenvalue weighted by atomic mass is 19.1. The Bertz CT molecular complexity index is 1420. The summed E-state index contributed by atoms with van der Waals surface area (Å²) < 4.78 is 50.9. The number of rotatable bonds is 7. The van der Waals surface area contributed by atoms with Gasteiger partial charge in [-0.1, -0.05) is 11.3 Å². The molecule has 0 saturated carbocycles. The molecular weight excluding hydrogens is 481 g/mol. The minimum absolute atomic E-state index is 0.0169. The predicted molar refractivity (Wildman–Crippen MR) is 123 cm³/mol. The quantitative estimate of drug-likeness (QED) is 0.389. The lowest BCUT2D eigenvalue weighted by atomic mass is 10.0. The SMILES string of the molecule is COc1nc(N[C@H]2CCN(C(=O)CO)C[C@H]2F)nn2cc(F)c(-c3ccc4nnn(CCF)c4c3)c12. The number of alkyl halides is 2. The third-order valence-electron chi connectivity index (χ3n) is 6.19. The van der Waals surface area contributed by atoms with E-state index in [-0.39, 0.29) is 49.0 Å². The van der Waals surface area contributed by atoms with Crippen LogP contribution in [0, 0.1) is 5.82 Å². The first kappa shape index (κ1) is 23.8. The number of likely N-dealkylation sites (tertiary alicyclic amines) is 1. The van der Waals surface area contributed by atoms with Crippen LogP contribution in [-0.2, 0) is 11.3 Å². The summed E-state index contributed by atoms with van der Waals surface area (Å²) in [6, 6.07) is 4.29. The minimum atomic E-state index is -1.42. The number of halogens is 3. The number of methoxy groups -OCH3 is 1. The number of aryl methyl sites for hydroxylation is 1. The van der Waals surface area contributed by atoms with Crippen molar-refractivity contribution in [2.24, 2.45) is 0 Å². The number of hydrogen-bond acceptors (Lipinski definition) is 8. The summed E-state index contributed by atoms with van der Waals surface area (Å²) in [5.74, 6) is -1.04. The highest BCUT2D eigenvalue weighted by Gasteiger charge is 2.32. The molecule has 0 unspecified atom stereocenters. The van der Waals surface area contributed by atoms with Crippen molar-refractivity contribution in [2.75, 3.05) is 38.8 Å². The van der Waals surface area contributed by atoms with Gasteiger partial charge in [0.15, 0.2) is 5.82 Å². The molecule has 4 aromatic rings. The molecule has 5 rings (SSSR count). The third kappa shape index (κ3) is 4.17. The molecule has 14 heteroatoms. The van der Waals surface area contributed by atoms with Gasteiger partial charge in [0.25, 0.3) is 0 Å². The number of aliphatic hydroxyl groups excluding tert-OH is 1. The average molecular weight is 504 g/mol. The molecular formula is C22H23F3N8O3. The van der Waals surface area contributed by atoms with Gasteiger partial charge in [0.2, 0.25) is 17.7 Å². The summed E-state index contributed by atoms with van der Waals surface area (Å²) in [5.41, 5.74) is 1.98. The molecule has 2 atom stereocenters. The molecule has 36 heavy (non-hydrogen) atoms. The molecule has 1 fully saturated rings. The van der Waals surface area contributed by atoms with E-state index < -0.39 is 37.2 Å². The van der Waals surface area contributed by atoms with Crippen molar-refractivity contribution in [3.05, 3.63) is 30.2 Å². The van der Waals surface area contributed by atoms with E-state index in [1.807, 2.05) is 0 Å². The Kier molecular flexibility index (Phi) is 6.35. The molecule has 1 aromatic carbocycles. The van der Waals surface area contributed by atoms with Gasteiger partial charge in [-0.3, -0.25) is 4.79 Å². The Morgan fingerprint density at radius 3 is 2.92 bits per heavy atom. The van der Waals surface area contributed by atoms with Crippen LogP contribution in [0.1, 0.15) is 6.42 Å². The number of fused-ring (bicyclic) bond motifs is 2. The average Bonchev–Trinajstić information content (AvgIpc) is 3.43. The van der Waals surface area contributed by atoms with Gasteiger partial charge in [-0.05, 0) is 24.1 Å². The van der Waals surface area contributed by atoms with E-state index in [9.17, 15) is 13.6 Å². The molecule has 1 amide bonds. The van der Waals surface area contributed by atoms with Gasteiger partial charge in [0, 0.05) is 6.54 Å². The van der Waals surface area contributed by atoms with Crippen molar-refractivity contribution in [3.8, 4) is 17.0 Å². The van der Waals surface area contributed by atoms with Crippen molar-refractivity contribution < 1.29 is 27.8 Å². The molecule has 1 saturated heterocycles. The maximum atomic E-state index is 15.2. The number of aromatic nitrogens is 6. The van der Waals surface area contributed by atoms with Crippen molar-refractivity contribution in [1.29, 1.82) is 0 Å².